The number of amides is 1. The molecule has 0 saturated carbocycles. The van der Waals surface area contributed by atoms with Crippen molar-refractivity contribution in [2.45, 2.75) is 22.1 Å². The van der Waals surface area contributed by atoms with Gasteiger partial charge in [-0.25, -0.2) is 0 Å². The summed E-state index contributed by atoms with van der Waals surface area (Å²) < 4.78 is 0. The third-order valence-corrected chi connectivity index (χ3v) is 4.46. The summed E-state index contributed by atoms with van der Waals surface area (Å²) >= 11 is 1.72. The molecule has 1 amide bonds. The highest BCUT2D eigenvalue weighted by molar-refractivity contribution is 7.99. The Bertz CT molecular complexity index is 609. The van der Waals surface area contributed by atoms with Crippen LogP contribution in [-0.2, 0) is 11.2 Å². The predicted octanol–water partition coefficient (Wildman–Crippen LogP) is 2.96. The van der Waals surface area contributed by atoms with E-state index in [0.29, 0.717) is 6.42 Å². The topological polar surface area (TPSA) is 43.1 Å². The van der Waals surface area contributed by atoms with Crippen molar-refractivity contribution in [1.82, 2.24) is 0 Å². The van der Waals surface area contributed by atoms with Crippen LogP contribution in [0, 0.1) is 0 Å². The molecule has 0 bridgehead atoms. The van der Waals surface area contributed by atoms with Gasteiger partial charge in [-0.15, -0.1) is 0 Å². The van der Waals surface area contributed by atoms with Gasteiger partial charge in [-0.1, -0.05) is 48.2 Å². The number of rotatable bonds is 1. The van der Waals surface area contributed by atoms with E-state index in [2.05, 4.69) is 18.2 Å². The molecule has 2 N–H and O–H groups in total. The van der Waals surface area contributed by atoms with Gasteiger partial charge in [-0.3, -0.25) is 4.79 Å². The maximum absolute atomic E-state index is 11.7. The minimum Gasteiger partial charge on any atom is -0.369 e. The van der Waals surface area contributed by atoms with E-state index in [1.54, 1.807) is 11.8 Å². The van der Waals surface area contributed by atoms with Gasteiger partial charge < -0.3 is 5.73 Å². The zero-order valence-electron chi connectivity index (χ0n) is 9.80. The van der Waals surface area contributed by atoms with Crippen LogP contribution >= 0.6 is 11.8 Å². The van der Waals surface area contributed by atoms with Crippen molar-refractivity contribution in [2.24, 2.45) is 5.73 Å². The number of benzene rings is 2. The largest absolute Gasteiger partial charge is 0.369 e. The van der Waals surface area contributed by atoms with Crippen LogP contribution in [0.15, 0.2) is 58.3 Å². The van der Waals surface area contributed by atoms with Crippen molar-refractivity contribution >= 4 is 17.7 Å². The Morgan fingerprint density at radius 1 is 1.06 bits per heavy atom. The van der Waals surface area contributed by atoms with E-state index in [-0.39, 0.29) is 11.8 Å². The molecule has 0 fully saturated rings. The molecule has 1 aliphatic rings. The van der Waals surface area contributed by atoms with E-state index in [1.165, 1.54) is 10.5 Å². The quantitative estimate of drug-likeness (QED) is 0.851. The molecule has 0 saturated heterocycles. The maximum Gasteiger partial charge on any atom is 0.225 e. The Morgan fingerprint density at radius 3 is 2.50 bits per heavy atom. The van der Waals surface area contributed by atoms with Crippen molar-refractivity contribution in [3.63, 3.8) is 0 Å². The summed E-state index contributed by atoms with van der Waals surface area (Å²) in [6, 6.07) is 16.2. The normalized spacial score (nSPS) is 17.4. The first kappa shape index (κ1) is 11.4. The third kappa shape index (κ3) is 1.91. The molecule has 0 aliphatic carbocycles. The fourth-order valence-corrected chi connectivity index (χ4v) is 3.48. The average Bonchev–Trinajstić information content (AvgIpc) is 2.55. The van der Waals surface area contributed by atoms with E-state index >= 15 is 0 Å². The highest BCUT2D eigenvalue weighted by Gasteiger charge is 2.25. The highest BCUT2D eigenvalue weighted by Crippen LogP contribution is 2.41. The zero-order valence-corrected chi connectivity index (χ0v) is 10.6. The Labute approximate surface area is 110 Å². The van der Waals surface area contributed by atoms with E-state index in [4.69, 9.17) is 5.73 Å². The van der Waals surface area contributed by atoms with Gasteiger partial charge in [0.2, 0.25) is 5.91 Å². The van der Waals surface area contributed by atoms with Crippen LogP contribution in [-0.4, -0.2) is 5.91 Å². The summed E-state index contributed by atoms with van der Waals surface area (Å²) in [6.07, 6.45) is 0.690. The van der Waals surface area contributed by atoms with Gasteiger partial charge in [0.1, 0.15) is 0 Å². The molecule has 1 atom stereocenters. The van der Waals surface area contributed by atoms with Gasteiger partial charge in [0, 0.05) is 9.79 Å². The Hall–Kier alpha value is -1.74. The number of primary amides is 1. The van der Waals surface area contributed by atoms with Gasteiger partial charge in [0.25, 0.3) is 0 Å². The van der Waals surface area contributed by atoms with Crippen LogP contribution in [0.25, 0.3) is 0 Å². The number of nitrogens with two attached hydrogens (primary N) is 1. The lowest BCUT2D eigenvalue weighted by Gasteiger charge is -2.13. The van der Waals surface area contributed by atoms with Gasteiger partial charge in [0.05, 0.1) is 5.92 Å². The van der Waals surface area contributed by atoms with Crippen LogP contribution in [0.3, 0.4) is 0 Å². The molecule has 90 valence electrons. The maximum atomic E-state index is 11.7. The molecule has 0 aromatic heterocycles. The van der Waals surface area contributed by atoms with E-state index in [1.807, 2.05) is 30.3 Å². The van der Waals surface area contributed by atoms with E-state index in [9.17, 15) is 4.79 Å². The summed E-state index contributed by atoms with van der Waals surface area (Å²) in [7, 11) is 0. The highest BCUT2D eigenvalue weighted by atomic mass is 32.2. The Kier molecular flexibility index (Phi) is 2.84. The second-order valence-corrected chi connectivity index (χ2v) is 5.49. The first-order valence-corrected chi connectivity index (χ1v) is 6.71. The fraction of sp³-hybridized carbons (Fsp3) is 0.133. The molecule has 3 rings (SSSR count). The van der Waals surface area contributed by atoms with Crippen LogP contribution in [0.1, 0.15) is 17.0 Å². The van der Waals surface area contributed by atoms with Gasteiger partial charge >= 0.3 is 0 Å². The zero-order chi connectivity index (χ0) is 12.5. The molecule has 1 heterocycles. The van der Waals surface area contributed by atoms with Crippen molar-refractivity contribution in [3.8, 4) is 0 Å². The average molecular weight is 255 g/mol. The molecule has 2 aromatic rings. The van der Waals surface area contributed by atoms with Crippen LogP contribution < -0.4 is 5.73 Å². The Balaban J connectivity index is 2.17. The van der Waals surface area contributed by atoms with Gasteiger partial charge in [0.15, 0.2) is 0 Å². The monoisotopic (exact) mass is 255 g/mol. The summed E-state index contributed by atoms with van der Waals surface area (Å²) in [5.74, 6) is -0.475. The molecule has 2 nitrogen and oxygen atoms in total. The SMILES string of the molecule is NC(=O)[C@@H]1Cc2ccccc2Sc2ccccc21. The number of fused-ring (bicyclic) bond motifs is 2. The molecule has 3 heteroatoms. The standard InChI is InChI=1S/C15H13NOS/c16-15(17)12-9-10-5-1-3-7-13(10)18-14-8-4-2-6-11(12)14/h1-8,12H,9H2,(H2,16,17)/t12-/m1/s1. The second kappa shape index (κ2) is 4.50. The van der Waals surface area contributed by atoms with E-state index < -0.39 is 0 Å². The summed E-state index contributed by atoms with van der Waals surface area (Å²) in [4.78, 5) is 14.0. The predicted molar refractivity (Wildman–Crippen MR) is 72.6 cm³/mol. The van der Waals surface area contributed by atoms with Crippen molar-refractivity contribution in [3.05, 3.63) is 59.7 Å². The lowest BCUT2D eigenvalue weighted by Crippen LogP contribution is -2.23. The first-order valence-electron chi connectivity index (χ1n) is 5.89. The number of hydrogen-bond acceptors (Lipinski definition) is 2. The van der Waals surface area contributed by atoms with Gasteiger partial charge in [-0.05, 0) is 29.7 Å². The second-order valence-electron chi connectivity index (χ2n) is 4.41. The molecule has 2 aromatic carbocycles. The van der Waals surface area contributed by atoms with Crippen molar-refractivity contribution in [2.75, 3.05) is 0 Å². The van der Waals surface area contributed by atoms with Crippen LogP contribution in [0.2, 0.25) is 0 Å². The van der Waals surface area contributed by atoms with Crippen molar-refractivity contribution < 1.29 is 4.79 Å². The molecule has 0 radical (unpaired) electrons. The van der Waals surface area contributed by atoms with E-state index in [0.717, 1.165) is 10.5 Å². The Morgan fingerprint density at radius 2 is 1.72 bits per heavy atom. The lowest BCUT2D eigenvalue weighted by molar-refractivity contribution is -0.119. The van der Waals surface area contributed by atoms with Gasteiger partial charge in [-0.2, -0.15) is 0 Å². The molecular weight excluding hydrogens is 242 g/mol. The van der Waals surface area contributed by atoms with Crippen molar-refractivity contribution in [1.29, 1.82) is 0 Å². The smallest absolute Gasteiger partial charge is 0.225 e. The number of hydrogen-bond donors (Lipinski definition) is 1. The molecule has 1 aliphatic heterocycles. The first-order chi connectivity index (χ1) is 8.75. The summed E-state index contributed by atoms with van der Waals surface area (Å²) in [5, 5.41) is 0. The van der Waals surface area contributed by atoms with Crippen LogP contribution in [0.5, 0.6) is 0 Å². The number of carbonyl (C=O) groups is 1. The molecule has 0 spiro atoms. The molecule has 0 unspecified atom stereocenters. The summed E-state index contributed by atoms with van der Waals surface area (Å²) in [5.41, 5.74) is 7.80. The lowest BCUT2D eigenvalue weighted by atomic mass is 9.91. The fourth-order valence-electron chi connectivity index (χ4n) is 2.34. The number of carbonyl (C=O) groups excluding carboxylic acids is 1. The van der Waals surface area contributed by atoms with Crippen LogP contribution in [0.4, 0.5) is 0 Å². The summed E-state index contributed by atoms with van der Waals surface area (Å²) in [6.45, 7) is 0. The molecule has 18 heavy (non-hydrogen) atoms. The molecular formula is C15H13NOS. The minimum absolute atomic E-state index is 0.225. The third-order valence-electron chi connectivity index (χ3n) is 3.25. The minimum atomic E-state index is -0.250.